The minimum atomic E-state index is -4.74. The van der Waals surface area contributed by atoms with Crippen molar-refractivity contribution >= 4 is 0 Å². The molecule has 0 unspecified atom stereocenters. The van der Waals surface area contributed by atoms with Crippen LogP contribution < -0.4 is 0 Å². The van der Waals surface area contributed by atoms with Crippen molar-refractivity contribution in [3.8, 4) is 0 Å². The second-order valence-electron chi connectivity index (χ2n) is 1.33. The third kappa shape index (κ3) is 2.24. The van der Waals surface area contributed by atoms with Gasteiger partial charge in [-0.25, -0.2) is 0 Å². The van der Waals surface area contributed by atoms with E-state index in [1.54, 1.807) is 0 Å². The van der Waals surface area contributed by atoms with Crippen LogP contribution in [-0.2, 0) is 9.68 Å². The standard InChI is InChI=1S/C4H2F3NO2/c5-4(6,7)10-8-2-1-3-9-8/h1,3H. The molecule has 0 saturated carbocycles. The first-order valence-corrected chi connectivity index (χ1v) is 2.22. The predicted octanol–water partition coefficient (Wildman–Crippen LogP) is 1.24. The average Bonchev–Trinajstić information content (AvgIpc) is 2.12. The molecule has 10 heavy (non-hydrogen) atoms. The molecule has 0 aromatic heterocycles. The third-order valence-electron chi connectivity index (χ3n) is 0.591. The summed E-state index contributed by atoms with van der Waals surface area (Å²) in [5.41, 5.74) is 0. The van der Waals surface area contributed by atoms with E-state index in [0.717, 1.165) is 12.3 Å². The Balaban J connectivity index is 2.26. The molecule has 0 amide bonds. The predicted molar refractivity (Wildman–Crippen MR) is 22.4 cm³/mol. The molecule has 0 saturated heterocycles. The zero-order valence-electron chi connectivity index (χ0n) is 4.55. The highest BCUT2D eigenvalue weighted by molar-refractivity contribution is 4.90. The molecule has 6 heteroatoms. The summed E-state index contributed by atoms with van der Waals surface area (Å²) in [7, 11) is 0. The van der Waals surface area contributed by atoms with Gasteiger partial charge < -0.3 is 4.84 Å². The summed E-state index contributed by atoms with van der Waals surface area (Å²) in [6.45, 7) is 2.00. The number of hydrogen-bond acceptors (Lipinski definition) is 3. The van der Waals surface area contributed by atoms with Crippen molar-refractivity contribution in [3.05, 3.63) is 18.9 Å². The molecule has 56 valence electrons. The summed E-state index contributed by atoms with van der Waals surface area (Å²) in [5.74, 6) is 0. The Morgan fingerprint density at radius 3 is 2.60 bits per heavy atom. The van der Waals surface area contributed by atoms with E-state index >= 15 is 0 Å². The number of nitrogens with zero attached hydrogens (tertiary/aromatic N) is 1. The van der Waals surface area contributed by atoms with Gasteiger partial charge in [-0.1, -0.05) is 0 Å². The second-order valence-corrected chi connectivity index (χ2v) is 1.33. The van der Waals surface area contributed by atoms with Gasteiger partial charge in [0, 0.05) is 5.23 Å². The van der Waals surface area contributed by atoms with Gasteiger partial charge in [0.05, 0.1) is 0 Å². The van der Waals surface area contributed by atoms with Gasteiger partial charge in [-0.05, 0) is 6.08 Å². The van der Waals surface area contributed by atoms with E-state index in [-0.39, 0.29) is 5.23 Å². The lowest BCUT2D eigenvalue weighted by atomic mass is 10.7. The van der Waals surface area contributed by atoms with Gasteiger partial charge >= 0.3 is 6.36 Å². The van der Waals surface area contributed by atoms with Gasteiger partial charge in [-0.15, -0.1) is 13.2 Å². The van der Waals surface area contributed by atoms with Gasteiger partial charge in [0.2, 0.25) is 0 Å². The number of halogens is 3. The Labute approximate surface area is 54.5 Å². The molecule has 1 aliphatic rings. The summed E-state index contributed by atoms with van der Waals surface area (Å²) >= 11 is 0. The molecular weight excluding hydrogens is 151 g/mol. The molecule has 0 spiro atoms. The van der Waals surface area contributed by atoms with E-state index in [0.29, 0.717) is 0 Å². The van der Waals surface area contributed by atoms with Crippen LogP contribution in [0.5, 0.6) is 0 Å². The first-order chi connectivity index (χ1) is 4.58. The van der Waals surface area contributed by atoms with Crippen molar-refractivity contribution in [2.24, 2.45) is 0 Å². The molecular formula is C4H2F3NO2. The smallest absolute Gasteiger partial charge is 0.387 e. The Kier molecular flexibility index (Phi) is 1.82. The maximum Gasteiger partial charge on any atom is 0.541 e. The van der Waals surface area contributed by atoms with Gasteiger partial charge in [-0.2, -0.15) is 4.84 Å². The van der Waals surface area contributed by atoms with Crippen molar-refractivity contribution in [3.63, 3.8) is 0 Å². The first-order valence-electron chi connectivity index (χ1n) is 2.22. The average molecular weight is 153 g/mol. The maximum absolute atomic E-state index is 11.3. The van der Waals surface area contributed by atoms with Crippen molar-refractivity contribution < 1.29 is 22.8 Å². The number of alkyl halides is 3. The van der Waals surface area contributed by atoms with Crippen LogP contribution in [0.25, 0.3) is 0 Å². The van der Waals surface area contributed by atoms with Crippen LogP contribution in [0.1, 0.15) is 0 Å². The summed E-state index contributed by atoms with van der Waals surface area (Å²) in [5, 5.41) is 0.0833. The van der Waals surface area contributed by atoms with Crippen LogP contribution in [0, 0.1) is 6.54 Å². The fourth-order valence-electron chi connectivity index (χ4n) is 0.349. The monoisotopic (exact) mass is 153 g/mol. The minimum absolute atomic E-state index is 0.0833. The van der Waals surface area contributed by atoms with Crippen LogP contribution in [0.15, 0.2) is 12.3 Å². The number of hydroxylamine groups is 2. The topological polar surface area (TPSA) is 21.7 Å². The molecule has 0 atom stereocenters. The van der Waals surface area contributed by atoms with Crippen LogP contribution in [0.4, 0.5) is 13.2 Å². The van der Waals surface area contributed by atoms with E-state index in [1.165, 1.54) is 0 Å². The molecule has 0 aromatic carbocycles. The van der Waals surface area contributed by atoms with Gasteiger partial charge in [0.25, 0.3) is 0 Å². The zero-order valence-corrected chi connectivity index (χ0v) is 4.55. The quantitative estimate of drug-likeness (QED) is 0.565. The second kappa shape index (κ2) is 2.47. The largest absolute Gasteiger partial charge is 0.541 e. The molecule has 0 bridgehead atoms. The molecule has 0 aromatic rings. The van der Waals surface area contributed by atoms with E-state index < -0.39 is 6.36 Å². The normalized spacial score (nSPS) is 19.5. The van der Waals surface area contributed by atoms with E-state index in [1.807, 2.05) is 6.54 Å². The van der Waals surface area contributed by atoms with Crippen molar-refractivity contribution in [1.29, 1.82) is 0 Å². The lowest BCUT2D eigenvalue weighted by molar-refractivity contribution is -0.469. The number of hydrogen-bond donors (Lipinski definition) is 0. The van der Waals surface area contributed by atoms with Crippen LogP contribution in [0.3, 0.4) is 0 Å². The lowest BCUT2D eigenvalue weighted by Crippen LogP contribution is -2.25. The molecule has 0 aliphatic carbocycles. The minimum Gasteiger partial charge on any atom is -0.387 e. The molecule has 1 heterocycles. The number of rotatable bonds is 1. The Morgan fingerprint density at radius 2 is 2.20 bits per heavy atom. The highest BCUT2D eigenvalue weighted by Gasteiger charge is 2.35. The highest BCUT2D eigenvalue weighted by Crippen LogP contribution is 2.21. The molecule has 0 N–H and O–H groups in total. The maximum atomic E-state index is 11.3. The van der Waals surface area contributed by atoms with Crippen LogP contribution >= 0.6 is 0 Å². The Hall–Kier alpha value is -0.750. The van der Waals surface area contributed by atoms with Crippen molar-refractivity contribution in [2.75, 3.05) is 0 Å². The van der Waals surface area contributed by atoms with Crippen LogP contribution in [-0.4, -0.2) is 11.6 Å². The highest BCUT2D eigenvalue weighted by atomic mass is 19.4. The summed E-state index contributed by atoms with van der Waals surface area (Å²) in [4.78, 5) is 7.36. The molecule has 1 rings (SSSR count). The zero-order chi connectivity index (χ0) is 7.61. The van der Waals surface area contributed by atoms with Gasteiger partial charge in [-0.3, -0.25) is 0 Å². The Morgan fingerprint density at radius 1 is 1.50 bits per heavy atom. The van der Waals surface area contributed by atoms with Crippen molar-refractivity contribution in [2.45, 2.75) is 6.36 Å². The van der Waals surface area contributed by atoms with E-state index in [9.17, 15) is 13.2 Å². The summed E-state index contributed by atoms with van der Waals surface area (Å²) in [6.07, 6.45) is -2.59. The van der Waals surface area contributed by atoms with Gasteiger partial charge in [0.1, 0.15) is 6.26 Å². The first kappa shape index (κ1) is 7.36. The molecule has 2 radical (unpaired) electrons. The molecule has 3 nitrogen and oxygen atoms in total. The van der Waals surface area contributed by atoms with Gasteiger partial charge in [0.15, 0.2) is 6.54 Å². The SMILES string of the molecule is FC(F)(F)ON1[C]C=CO1. The van der Waals surface area contributed by atoms with Crippen LogP contribution in [0.2, 0.25) is 0 Å². The Bertz CT molecular complexity index is 136. The fraction of sp³-hybridized carbons (Fsp3) is 0.250. The van der Waals surface area contributed by atoms with E-state index in [4.69, 9.17) is 0 Å². The van der Waals surface area contributed by atoms with E-state index in [2.05, 4.69) is 9.68 Å². The fourth-order valence-corrected chi connectivity index (χ4v) is 0.349. The summed E-state index contributed by atoms with van der Waals surface area (Å²) < 4.78 is 33.9. The van der Waals surface area contributed by atoms with Crippen molar-refractivity contribution in [1.82, 2.24) is 5.23 Å². The summed E-state index contributed by atoms with van der Waals surface area (Å²) in [6, 6.07) is 0. The third-order valence-corrected chi connectivity index (χ3v) is 0.591. The lowest BCUT2D eigenvalue weighted by Gasteiger charge is -2.13. The molecule has 0 fully saturated rings. The molecule has 1 aliphatic heterocycles.